The van der Waals surface area contributed by atoms with Crippen molar-refractivity contribution in [1.82, 2.24) is 0 Å². The number of carbonyl (C=O) groups is 1. The maximum atomic E-state index is 11.4. The van der Waals surface area contributed by atoms with E-state index in [2.05, 4.69) is 0 Å². The second kappa shape index (κ2) is 3.70. The van der Waals surface area contributed by atoms with E-state index < -0.39 is 11.4 Å². The third kappa shape index (κ3) is 1.50. The van der Waals surface area contributed by atoms with Crippen molar-refractivity contribution in [3.05, 3.63) is 23.8 Å². The first-order valence-corrected chi connectivity index (χ1v) is 5.32. The van der Waals surface area contributed by atoms with Crippen molar-refractivity contribution in [2.75, 3.05) is 0 Å². The van der Waals surface area contributed by atoms with Crippen molar-refractivity contribution < 1.29 is 20.1 Å². The molecule has 0 heterocycles. The molecule has 86 valence electrons. The number of carboxylic acids is 1. The summed E-state index contributed by atoms with van der Waals surface area (Å²) in [5.74, 6) is -0.992. The lowest BCUT2D eigenvalue weighted by Gasteiger charge is -2.25. The van der Waals surface area contributed by atoms with Gasteiger partial charge in [0.05, 0.1) is 5.41 Å². The van der Waals surface area contributed by atoms with Crippen LogP contribution in [0.2, 0.25) is 0 Å². The van der Waals surface area contributed by atoms with Gasteiger partial charge in [0.25, 0.3) is 0 Å². The first kappa shape index (κ1) is 10.8. The van der Waals surface area contributed by atoms with Crippen LogP contribution in [0.25, 0.3) is 0 Å². The summed E-state index contributed by atoms with van der Waals surface area (Å²) in [7, 11) is 0. The Labute approximate surface area is 93.2 Å². The van der Waals surface area contributed by atoms with Gasteiger partial charge in [0, 0.05) is 5.56 Å². The van der Waals surface area contributed by atoms with Crippen molar-refractivity contribution in [2.45, 2.75) is 31.1 Å². The van der Waals surface area contributed by atoms with Crippen LogP contribution in [-0.4, -0.2) is 21.3 Å². The summed E-state index contributed by atoms with van der Waals surface area (Å²) in [6, 6.07) is 4.05. The van der Waals surface area contributed by atoms with Gasteiger partial charge in [-0.25, -0.2) is 0 Å². The highest BCUT2D eigenvalue weighted by molar-refractivity contribution is 5.83. The maximum absolute atomic E-state index is 11.4. The molecule has 3 N–H and O–H groups in total. The first-order chi connectivity index (χ1) is 7.56. The van der Waals surface area contributed by atoms with Crippen molar-refractivity contribution in [3.8, 4) is 11.5 Å². The highest BCUT2D eigenvalue weighted by Gasteiger charge is 2.44. The Bertz CT molecular complexity index is 419. The second-order valence-corrected chi connectivity index (χ2v) is 4.30. The standard InChI is InChI=1S/C12H14O4/c13-8-3-4-10(14)9(7-8)12(11(15)16)5-1-2-6-12/h3-4,7,13-14H,1-2,5-6H2,(H,15,16). The van der Waals surface area contributed by atoms with E-state index >= 15 is 0 Å². The normalized spacial score (nSPS) is 18.5. The fourth-order valence-corrected chi connectivity index (χ4v) is 2.48. The van der Waals surface area contributed by atoms with Gasteiger partial charge >= 0.3 is 5.97 Å². The van der Waals surface area contributed by atoms with Crippen molar-refractivity contribution in [1.29, 1.82) is 0 Å². The molecule has 0 atom stereocenters. The highest BCUT2D eigenvalue weighted by atomic mass is 16.4. The molecule has 0 radical (unpaired) electrons. The Balaban J connectivity index is 2.55. The Kier molecular flexibility index (Phi) is 2.50. The van der Waals surface area contributed by atoms with Gasteiger partial charge in [0.15, 0.2) is 0 Å². The van der Waals surface area contributed by atoms with Crippen molar-refractivity contribution >= 4 is 5.97 Å². The van der Waals surface area contributed by atoms with E-state index in [4.69, 9.17) is 0 Å². The molecule has 1 fully saturated rings. The summed E-state index contributed by atoms with van der Waals surface area (Å²) in [5, 5.41) is 28.5. The smallest absolute Gasteiger partial charge is 0.314 e. The molecule has 1 aromatic rings. The van der Waals surface area contributed by atoms with Crippen LogP contribution >= 0.6 is 0 Å². The summed E-state index contributed by atoms with van der Waals surface area (Å²) < 4.78 is 0. The molecule has 1 aliphatic rings. The van der Waals surface area contributed by atoms with Gasteiger partial charge in [-0.2, -0.15) is 0 Å². The third-order valence-electron chi connectivity index (χ3n) is 3.36. The zero-order chi connectivity index (χ0) is 11.8. The van der Waals surface area contributed by atoms with Gasteiger partial charge < -0.3 is 15.3 Å². The Morgan fingerprint density at radius 2 is 1.81 bits per heavy atom. The van der Waals surface area contributed by atoms with Crippen molar-refractivity contribution in [2.24, 2.45) is 0 Å². The van der Waals surface area contributed by atoms with E-state index in [0.717, 1.165) is 12.8 Å². The molecule has 0 bridgehead atoms. The number of phenols is 2. The Morgan fingerprint density at radius 1 is 1.19 bits per heavy atom. The molecule has 0 spiro atoms. The van der Waals surface area contributed by atoms with Crippen LogP contribution in [0.1, 0.15) is 31.2 Å². The average molecular weight is 222 g/mol. The van der Waals surface area contributed by atoms with E-state index in [9.17, 15) is 20.1 Å². The van der Waals surface area contributed by atoms with Crippen LogP contribution in [0.5, 0.6) is 11.5 Å². The van der Waals surface area contributed by atoms with Gasteiger partial charge in [-0.15, -0.1) is 0 Å². The Morgan fingerprint density at radius 3 is 2.38 bits per heavy atom. The molecule has 2 rings (SSSR count). The van der Waals surface area contributed by atoms with Crippen LogP contribution in [0.15, 0.2) is 18.2 Å². The summed E-state index contributed by atoms with van der Waals surface area (Å²) in [5.41, 5.74) is -0.694. The minimum atomic E-state index is -1.02. The van der Waals surface area contributed by atoms with E-state index in [1.54, 1.807) is 0 Å². The maximum Gasteiger partial charge on any atom is 0.314 e. The Hall–Kier alpha value is -1.71. The summed E-state index contributed by atoms with van der Waals surface area (Å²) in [6.07, 6.45) is 2.70. The highest BCUT2D eigenvalue weighted by Crippen LogP contribution is 2.45. The lowest BCUT2D eigenvalue weighted by molar-refractivity contribution is -0.143. The number of rotatable bonds is 2. The van der Waals surface area contributed by atoms with Crippen LogP contribution in [0, 0.1) is 0 Å². The molecule has 1 aromatic carbocycles. The van der Waals surface area contributed by atoms with Gasteiger partial charge in [-0.3, -0.25) is 4.79 Å². The van der Waals surface area contributed by atoms with Crippen molar-refractivity contribution in [3.63, 3.8) is 0 Å². The molecule has 4 heteroatoms. The summed E-state index contributed by atoms with van der Waals surface area (Å²) in [6.45, 7) is 0. The minimum Gasteiger partial charge on any atom is -0.508 e. The average Bonchev–Trinajstić information content (AvgIpc) is 2.71. The van der Waals surface area contributed by atoms with E-state index in [1.165, 1.54) is 18.2 Å². The molecule has 1 aliphatic carbocycles. The molecular formula is C12H14O4. The minimum absolute atomic E-state index is 0.0136. The summed E-state index contributed by atoms with van der Waals surface area (Å²) >= 11 is 0. The topological polar surface area (TPSA) is 77.8 Å². The number of carboxylic acid groups (broad SMARTS) is 1. The fraction of sp³-hybridized carbons (Fsp3) is 0.417. The monoisotopic (exact) mass is 222 g/mol. The van der Waals surface area contributed by atoms with E-state index in [0.29, 0.717) is 18.4 Å². The SMILES string of the molecule is O=C(O)C1(c2cc(O)ccc2O)CCCC1. The number of aromatic hydroxyl groups is 2. The van der Waals surface area contributed by atoms with Crippen LogP contribution < -0.4 is 0 Å². The van der Waals surface area contributed by atoms with Gasteiger partial charge in [0.2, 0.25) is 0 Å². The molecule has 16 heavy (non-hydrogen) atoms. The van der Waals surface area contributed by atoms with Crippen LogP contribution in [0.3, 0.4) is 0 Å². The zero-order valence-corrected chi connectivity index (χ0v) is 8.81. The number of aliphatic carboxylic acids is 1. The number of hydrogen-bond donors (Lipinski definition) is 3. The predicted octanol–water partition coefficient (Wildman–Crippen LogP) is 1.99. The van der Waals surface area contributed by atoms with Gasteiger partial charge in [0.1, 0.15) is 11.5 Å². The number of hydrogen-bond acceptors (Lipinski definition) is 3. The molecule has 4 nitrogen and oxygen atoms in total. The van der Waals surface area contributed by atoms with E-state index in [-0.39, 0.29) is 11.5 Å². The van der Waals surface area contributed by atoms with Gasteiger partial charge in [-0.1, -0.05) is 12.8 Å². The third-order valence-corrected chi connectivity index (χ3v) is 3.36. The van der Waals surface area contributed by atoms with Crippen LogP contribution in [-0.2, 0) is 10.2 Å². The van der Waals surface area contributed by atoms with Crippen LogP contribution in [0.4, 0.5) is 0 Å². The first-order valence-electron chi connectivity index (χ1n) is 5.32. The quantitative estimate of drug-likeness (QED) is 0.669. The number of benzene rings is 1. The predicted molar refractivity (Wildman–Crippen MR) is 57.6 cm³/mol. The lowest BCUT2D eigenvalue weighted by Crippen LogP contribution is -2.32. The number of phenolic OH excluding ortho intramolecular Hbond substituents is 2. The molecule has 0 amide bonds. The zero-order valence-electron chi connectivity index (χ0n) is 8.81. The molecule has 0 aromatic heterocycles. The largest absolute Gasteiger partial charge is 0.508 e. The fourth-order valence-electron chi connectivity index (χ4n) is 2.48. The van der Waals surface area contributed by atoms with E-state index in [1.807, 2.05) is 0 Å². The molecule has 0 unspecified atom stereocenters. The molecule has 0 saturated heterocycles. The summed E-state index contributed by atoms with van der Waals surface area (Å²) in [4.78, 5) is 11.4. The molecule has 1 saturated carbocycles. The van der Waals surface area contributed by atoms with Gasteiger partial charge in [-0.05, 0) is 31.0 Å². The lowest BCUT2D eigenvalue weighted by atomic mass is 9.78. The molecule has 0 aliphatic heterocycles. The second-order valence-electron chi connectivity index (χ2n) is 4.30. The molecular weight excluding hydrogens is 208 g/mol.